The molecule has 1 amide bonds. The average Bonchev–Trinajstić information content (AvgIpc) is 2.37. The fourth-order valence-electron chi connectivity index (χ4n) is 1.36. The van der Waals surface area contributed by atoms with Crippen molar-refractivity contribution >= 4 is 6.09 Å². The van der Waals surface area contributed by atoms with Crippen molar-refractivity contribution in [2.24, 2.45) is 0 Å². The first-order valence-corrected chi connectivity index (χ1v) is 6.43. The second-order valence-electron chi connectivity index (χ2n) is 5.20. The monoisotopic (exact) mass is 269 g/mol. The Balaban J connectivity index is 2.33. The fourth-order valence-corrected chi connectivity index (χ4v) is 1.36. The third-order valence-electron chi connectivity index (χ3n) is 2.20. The lowest BCUT2D eigenvalue weighted by atomic mass is 10.1. The van der Waals surface area contributed by atoms with E-state index in [2.05, 4.69) is 23.1 Å². The zero-order valence-corrected chi connectivity index (χ0v) is 12.1. The summed E-state index contributed by atoms with van der Waals surface area (Å²) in [4.78, 5) is 11.4. The molecular weight excluding hydrogens is 250 g/mol. The summed E-state index contributed by atoms with van der Waals surface area (Å²) in [5, 5.41) is 2.65. The first-order valence-electron chi connectivity index (χ1n) is 6.43. The van der Waals surface area contributed by atoms with Crippen LogP contribution in [-0.4, -0.2) is 18.2 Å². The molecule has 0 aliphatic carbocycles. The molecule has 1 aromatic rings. The summed E-state index contributed by atoms with van der Waals surface area (Å²) in [5.74, 6) is 8.54. The molecule has 1 N–H and O–H groups in total. The molecule has 0 aromatic heterocycles. The summed E-state index contributed by atoms with van der Waals surface area (Å²) in [6.45, 7) is 5.94. The Bertz CT molecular complexity index is 548. The Morgan fingerprint density at radius 2 is 1.85 bits per heavy atom. The first-order chi connectivity index (χ1) is 9.40. The fraction of sp³-hybridized carbons (Fsp3) is 0.353. The highest BCUT2D eigenvalue weighted by molar-refractivity contribution is 5.67. The maximum Gasteiger partial charge on any atom is 0.407 e. The van der Waals surface area contributed by atoms with Crippen LogP contribution in [0, 0.1) is 24.2 Å². The molecule has 0 spiro atoms. The summed E-state index contributed by atoms with van der Waals surface area (Å²) in [7, 11) is 0. The Labute approximate surface area is 120 Å². The Kier molecular flexibility index (Phi) is 5.69. The van der Waals surface area contributed by atoms with Crippen LogP contribution in [0.15, 0.2) is 24.3 Å². The van der Waals surface area contributed by atoms with E-state index in [0.717, 1.165) is 11.1 Å². The van der Waals surface area contributed by atoms with Crippen molar-refractivity contribution in [3.05, 3.63) is 35.4 Å². The number of amides is 1. The highest BCUT2D eigenvalue weighted by Gasteiger charge is 2.15. The Hall–Kier alpha value is -2.39. The van der Waals surface area contributed by atoms with Gasteiger partial charge in [0.25, 0.3) is 0 Å². The van der Waals surface area contributed by atoms with Gasteiger partial charge in [-0.3, -0.25) is 0 Å². The second kappa shape index (κ2) is 7.26. The van der Waals surface area contributed by atoms with Crippen LogP contribution in [0.2, 0.25) is 0 Å². The van der Waals surface area contributed by atoms with E-state index in [4.69, 9.17) is 11.2 Å². The lowest BCUT2D eigenvalue weighted by molar-refractivity contribution is 0.0529. The summed E-state index contributed by atoms with van der Waals surface area (Å²) < 4.78 is 5.11. The van der Waals surface area contributed by atoms with E-state index in [0.29, 0.717) is 13.0 Å². The van der Waals surface area contributed by atoms with Crippen LogP contribution in [0.3, 0.4) is 0 Å². The standard InChI is InChI=1S/C17H19NO2/c1-5-14-9-11-15(12-10-14)8-6-7-13-18-16(19)20-17(2,3)4/h1,9-12H,7,13H2,2-4H3,(H,18,19). The lowest BCUT2D eigenvalue weighted by Crippen LogP contribution is -2.32. The van der Waals surface area contributed by atoms with Crippen LogP contribution in [0.1, 0.15) is 38.3 Å². The number of terminal acetylenes is 1. The Morgan fingerprint density at radius 1 is 1.25 bits per heavy atom. The second-order valence-corrected chi connectivity index (χ2v) is 5.20. The number of hydrogen-bond donors (Lipinski definition) is 1. The molecule has 0 fully saturated rings. The predicted octanol–water partition coefficient (Wildman–Crippen LogP) is 2.93. The van der Waals surface area contributed by atoms with Crippen molar-refractivity contribution < 1.29 is 9.53 Å². The summed E-state index contributed by atoms with van der Waals surface area (Å²) in [6, 6.07) is 7.46. The molecule has 104 valence electrons. The third-order valence-corrected chi connectivity index (χ3v) is 2.20. The molecule has 0 bridgehead atoms. The van der Waals surface area contributed by atoms with Crippen molar-refractivity contribution in [2.75, 3.05) is 6.54 Å². The number of alkyl carbamates (subject to hydrolysis) is 1. The minimum atomic E-state index is -0.478. The number of ether oxygens (including phenoxy) is 1. The van der Waals surface area contributed by atoms with Gasteiger partial charge >= 0.3 is 6.09 Å². The number of benzene rings is 1. The first kappa shape index (κ1) is 15.7. The molecule has 0 atom stereocenters. The zero-order valence-electron chi connectivity index (χ0n) is 12.1. The van der Waals surface area contributed by atoms with Gasteiger partial charge in [-0.15, -0.1) is 6.42 Å². The largest absolute Gasteiger partial charge is 0.444 e. The van der Waals surface area contributed by atoms with Gasteiger partial charge in [-0.25, -0.2) is 4.79 Å². The number of carbonyl (C=O) groups is 1. The van der Waals surface area contributed by atoms with Crippen molar-refractivity contribution in [1.82, 2.24) is 5.32 Å². The van der Waals surface area contributed by atoms with Gasteiger partial charge < -0.3 is 10.1 Å². The molecule has 20 heavy (non-hydrogen) atoms. The molecular formula is C17H19NO2. The average molecular weight is 269 g/mol. The number of nitrogens with one attached hydrogen (secondary N) is 1. The van der Waals surface area contributed by atoms with Crippen molar-refractivity contribution in [3.63, 3.8) is 0 Å². The minimum Gasteiger partial charge on any atom is -0.444 e. The zero-order chi connectivity index (χ0) is 15.0. The smallest absolute Gasteiger partial charge is 0.407 e. The lowest BCUT2D eigenvalue weighted by Gasteiger charge is -2.19. The van der Waals surface area contributed by atoms with Crippen LogP contribution in [0.25, 0.3) is 0 Å². The quantitative estimate of drug-likeness (QED) is 0.662. The van der Waals surface area contributed by atoms with Crippen LogP contribution >= 0.6 is 0 Å². The maximum atomic E-state index is 11.4. The van der Waals surface area contributed by atoms with Gasteiger partial charge in [0.1, 0.15) is 5.60 Å². The van der Waals surface area contributed by atoms with Crippen LogP contribution in [0.4, 0.5) is 4.79 Å². The number of rotatable bonds is 2. The molecule has 1 rings (SSSR count). The van der Waals surface area contributed by atoms with Gasteiger partial charge in [0.15, 0.2) is 0 Å². The molecule has 0 unspecified atom stereocenters. The van der Waals surface area contributed by atoms with E-state index >= 15 is 0 Å². The van der Waals surface area contributed by atoms with E-state index in [9.17, 15) is 4.79 Å². The van der Waals surface area contributed by atoms with E-state index in [1.54, 1.807) is 0 Å². The van der Waals surface area contributed by atoms with Gasteiger partial charge in [0.05, 0.1) is 0 Å². The molecule has 0 radical (unpaired) electrons. The van der Waals surface area contributed by atoms with Gasteiger partial charge in [0.2, 0.25) is 0 Å². The maximum absolute atomic E-state index is 11.4. The van der Waals surface area contributed by atoms with E-state index in [1.165, 1.54) is 0 Å². The molecule has 0 saturated heterocycles. The van der Waals surface area contributed by atoms with Gasteiger partial charge in [0, 0.05) is 24.1 Å². The van der Waals surface area contributed by atoms with E-state index < -0.39 is 11.7 Å². The van der Waals surface area contributed by atoms with Gasteiger partial charge in [-0.1, -0.05) is 17.8 Å². The topological polar surface area (TPSA) is 38.3 Å². The predicted molar refractivity (Wildman–Crippen MR) is 80.1 cm³/mol. The highest BCUT2D eigenvalue weighted by atomic mass is 16.6. The van der Waals surface area contributed by atoms with Crippen molar-refractivity contribution in [2.45, 2.75) is 32.8 Å². The van der Waals surface area contributed by atoms with Gasteiger partial charge in [-0.2, -0.15) is 0 Å². The summed E-state index contributed by atoms with van der Waals surface area (Å²) in [6.07, 6.45) is 5.42. The molecule has 1 aromatic carbocycles. The number of carbonyl (C=O) groups excluding carboxylic acids is 1. The van der Waals surface area contributed by atoms with Crippen molar-refractivity contribution in [1.29, 1.82) is 0 Å². The molecule has 3 nitrogen and oxygen atoms in total. The van der Waals surface area contributed by atoms with Crippen LogP contribution in [-0.2, 0) is 4.74 Å². The third kappa shape index (κ3) is 6.52. The van der Waals surface area contributed by atoms with Gasteiger partial charge in [-0.05, 0) is 45.0 Å². The molecule has 0 aliphatic heterocycles. The molecule has 0 heterocycles. The van der Waals surface area contributed by atoms with Crippen molar-refractivity contribution in [3.8, 4) is 24.2 Å². The minimum absolute atomic E-state index is 0.419. The van der Waals surface area contributed by atoms with Crippen LogP contribution in [0.5, 0.6) is 0 Å². The Morgan fingerprint density at radius 3 is 2.40 bits per heavy atom. The van der Waals surface area contributed by atoms with Crippen LogP contribution < -0.4 is 5.32 Å². The molecule has 0 saturated carbocycles. The highest BCUT2D eigenvalue weighted by Crippen LogP contribution is 2.06. The number of hydrogen-bond acceptors (Lipinski definition) is 2. The summed E-state index contributed by atoms with van der Waals surface area (Å²) >= 11 is 0. The SMILES string of the molecule is C#Cc1ccc(C#CCCNC(=O)OC(C)(C)C)cc1. The molecule has 3 heteroatoms. The molecule has 0 aliphatic rings. The van der Waals surface area contributed by atoms with E-state index in [1.807, 2.05) is 45.0 Å². The summed E-state index contributed by atoms with van der Waals surface area (Å²) in [5.41, 5.74) is 1.26. The normalized spacial score (nSPS) is 9.90. The van der Waals surface area contributed by atoms with E-state index in [-0.39, 0.29) is 0 Å².